The molecule has 2 aliphatic heterocycles. The van der Waals surface area contributed by atoms with Crippen molar-refractivity contribution in [3.05, 3.63) is 47.0 Å². The van der Waals surface area contributed by atoms with E-state index in [2.05, 4.69) is 28.3 Å². The third-order valence-electron chi connectivity index (χ3n) is 6.64. The fourth-order valence-corrected chi connectivity index (χ4v) is 5.57. The highest BCUT2D eigenvalue weighted by molar-refractivity contribution is 7.17. The first-order valence-corrected chi connectivity index (χ1v) is 12.5. The predicted molar refractivity (Wildman–Crippen MR) is 128 cm³/mol. The first-order chi connectivity index (χ1) is 16.0. The molecule has 0 radical (unpaired) electrons. The van der Waals surface area contributed by atoms with Gasteiger partial charge in [0.25, 0.3) is 5.91 Å². The molecule has 0 bridgehead atoms. The van der Waals surface area contributed by atoms with Crippen LogP contribution in [0, 0.1) is 5.92 Å². The van der Waals surface area contributed by atoms with Crippen LogP contribution in [-0.4, -0.2) is 47.6 Å². The van der Waals surface area contributed by atoms with Gasteiger partial charge in [-0.3, -0.25) is 9.59 Å². The number of likely N-dealkylation sites (tertiary alicyclic amines) is 1. The Morgan fingerprint density at radius 2 is 1.88 bits per heavy atom. The Hall–Kier alpha value is -3.00. The Balaban J connectivity index is 1.18. The number of aromatic nitrogens is 1. The summed E-state index contributed by atoms with van der Waals surface area (Å²) in [6.07, 6.45) is 1.35. The molecule has 33 heavy (non-hydrogen) atoms. The average molecular weight is 468 g/mol. The number of benzene rings is 1. The van der Waals surface area contributed by atoms with E-state index in [-0.39, 0.29) is 23.8 Å². The van der Waals surface area contributed by atoms with Gasteiger partial charge in [-0.2, -0.15) is 0 Å². The molecule has 1 fully saturated rings. The molecule has 2 amide bonds. The van der Waals surface area contributed by atoms with E-state index in [1.807, 2.05) is 36.1 Å². The Kier molecular flexibility index (Phi) is 6.01. The van der Waals surface area contributed by atoms with Crippen LogP contribution in [0.15, 0.2) is 35.7 Å². The number of thiophene rings is 1. The molecule has 7 nitrogen and oxygen atoms in total. The van der Waals surface area contributed by atoms with Gasteiger partial charge in [0.1, 0.15) is 18.9 Å². The maximum atomic E-state index is 13.2. The van der Waals surface area contributed by atoms with E-state index < -0.39 is 0 Å². The lowest BCUT2D eigenvalue weighted by atomic mass is 9.95. The Morgan fingerprint density at radius 3 is 2.64 bits per heavy atom. The van der Waals surface area contributed by atoms with Gasteiger partial charge in [0.2, 0.25) is 5.91 Å². The van der Waals surface area contributed by atoms with Crippen molar-refractivity contribution in [3.63, 3.8) is 0 Å². The van der Waals surface area contributed by atoms with E-state index in [0.29, 0.717) is 39.1 Å². The number of rotatable bonds is 5. The van der Waals surface area contributed by atoms with Crippen LogP contribution in [0.5, 0.6) is 11.5 Å². The lowest BCUT2D eigenvalue weighted by Crippen LogP contribution is -2.43. The second-order valence-electron chi connectivity index (χ2n) is 8.64. The van der Waals surface area contributed by atoms with Gasteiger partial charge < -0.3 is 24.3 Å². The topological polar surface area (TPSA) is 72.8 Å². The number of hydrogen-bond acceptors (Lipinski definition) is 5. The first-order valence-electron chi connectivity index (χ1n) is 11.6. The summed E-state index contributed by atoms with van der Waals surface area (Å²) in [6.45, 7) is 7.09. The van der Waals surface area contributed by atoms with Gasteiger partial charge in [0.15, 0.2) is 11.5 Å². The quantitative estimate of drug-likeness (QED) is 0.610. The van der Waals surface area contributed by atoms with Crippen molar-refractivity contribution in [2.24, 2.45) is 5.92 Å². The molecule has 0 spiro atoms. The summed E-state index contributed by atoms with van der Waals surface area (Å²) >= 11 is 1.66. The van der Waals surface area contributed by atoms with Gasteiger partial charge >= 0.3 is 0 Å². The second kappa shape index (κ2) is 9.09. The number of nitrogens with one attached hydrogen (secondary N) is 1. The number of ether oxygens (including phenoxy) is 2. The zero-order valence-electron chi connectivity index (χ0n) is 19.0. The highest BCUT2D eigenvalue weighted by Gasteiger charge is 2.30. The van der Waals surface area contributed by atoms with Crippen molar-refractivity contribution in [1.29, 1.82) is 0 Å². The number of piperidine rings is 1. The monoisotopic (exact) mass is 467 g/mol. The van der Waals surface area contributed by atoms with E-state index >= 15 is 0 Å². The SMILES string of the molecule is CCn1c(C(=O)N2CCC(C(=O)N[C@H](C)c3ccc4c(c3)OCCO4)CC2)cc2sccc21. The van der Waals surface area contributed by atoms with Gasteiger partial charge in [-0.25, -0.2) is 0 Å². The van der Waals surface area contributed by atoms with Gasteiger partial charge in [-0.05, 0) is 61.9 Å². The molecule has 2 aliphatic rings. The summed E-state index contributed by atoms with van der Waals surface area (Å²) in [7, 11) is 0. The fraction of sp³-hybridized carbons (Fsp3) is 0.440. The van der Waals surface area contributed by atoms with E-state index in [9.17, 15) is 9.59 Å². The number of amides is 2. The Labute approximate surface area is 197 Å². The van der Waals surface area contributed by atoms with Crippen molar-refractivity contribution in [3.8, 4) is 11.5 Å². The van der Waals surface area contributed by atoms with Gasteiger partial charge in [0, 0.05) is 25.6 Å². The molecular formula is C25H29N3O4S. The average Bonchev–Trinajstić information content (AvgIpc) is 3.44. The zero-order valence-corrected chi connectivity index (χ0v) is 19.8. The second-order valence-corrected chi connectivity index (χ2v) is 9.59. The summed E-state index contributed by atoms with van der Waals surface area (Å²) < 4.78 is 14.5. The lowest BCUT2D eigenvalue weighted by molar-refractivity contribution is -0.127. The van der Waals surface area contributed by atoms with Crippen molar-refractivity contribution in [2.45, 2.75) is 39.3 Å². The van der Waals surface area contributed by atoms with Crippen LogP contribution in [0.1, 0.15) is 48.8 Å². The molecule has 0 saturated carbocycles. The normalized spacial score (nSPS) is 17.2. The molecular weight excluding hydrogens is 438 g/mol. The van der Waals surface area contributed by atoms with Crippen molar-refractivity contribution in [2.75, 3.05) is 26.3 Å². The molecule has 3 aromatic rings. The van der Waals surface area contributed by atoms with Crippen LogP contribution in [0.3, 0.4) is 0 Å². The van der Waals surface area contributed by atoms with E-state index in [4.69, 9.17) is 9.47 Å². The number of aryl methyl sites for hydroxylation is 1. The summed E-state index contributed by atoms with van der Waals surface area (Å²) in [5, 5.41) is 5.20. The molecule has 0 aliphatic carbocycles. The van der Waals surface area contributed by atoms with E-state index in [1.54, 1.807) is 11.3 Å². The number of hydrogen-bond donors (Lipinski definition) is 1. The summed E-state index contributed by atoms with van der Waals surface area (Å²) in [4.78, 5) is 28.0. The van der Waals surface area contributed by atoms with E-state index in [0.717, 1.165) is 39.5 Å². The minimum absolute atomic E-state index is 0.0435. The molecule has 174 valence electrons. The Bertz CT molecular complexity index is 1180. The molecule has 4 heterocycles. The predicted octanol–water partition coefficient (Wildman–Crippen LogP) is 4.22. The van der Waals surface area contributed by atoms with Crippen LogP contribution in [0.2, 0.25) is 0 Å². The van der Waals surface area contributed by atoms with Crippen molar-refractivity contribution < 1.29 is 19.1 Å². The number of fused-ring (bicyclic) bond motifs is 2. The van der Waals surface area contributed by atoms with Gasteiger partial charge in [-0.15, -0.1) is 11.3 Å². The lowest BCUT2D eigenvalue weighted by Gasteiger charge is -2.32. The maximum Gasteiger partial charge on any atom is 0.270 e. The van der Waals surface area contributed by atoms with Crippen molar-refractivity contribution in [1.82, 2.24) is 14.8 Å². The van der Waals surface area contributed by atoms with Crippen LogP contribution in [-0.2, 0) is 11.3 Å². The highest BCUT2D eigenvalue weighted by Crippen LogP contribution is 2.33. The molecule has 1 atom stereocenters. The van der Waals surface area contributed by atoms with Gasteiger partial charge in [0.05, 0.1) is 16.3 Å². The fourth-order valence-electron chi connectivity index (χ4n) is 4.75. The largest absolute Gasteiger partial charge is 0.486 e. The summed E-state index contributed by atoms with van der Waals surface area (Å²) in [5.74, 6) is 1.49. The number of nitrogens with zero attached hydrogens (tertiary/aromatic N) is 2. The standard InChI is InChI=1S/C25H29N3O4S/c1-3-28-19-8-13-33-23(19)15-20(28)25(30)27-9-6-17(7-10-27)24(29)26-16(2)18-4-5-21-22(14-18)32-12-11-31-21/h4-5,8,13-17H,3,6-7,9-12H2,1-2H3,(H,26,29)/t16-/m1/s1. The summed E-state index contributed by atoms with van der Waals surface area (Å²) in [5.41, 5.74) is 2.85. The van der Waals surface area contributed by atoms with Crippen LogP contribution >= 0.6 is 11.3 Å². The molecule has 5 rings (SSSR count). The third-order valence-corrected chi connectivity index (χ3v) is 7.49. The zero-order chi connectivity index (χ0) is 22.9. The molecule has 1 N–H and O–H groups in total. The molecule has 2 aromatic heterocycles. The third kappa shape index (κ3) is 4.19. The number of carbonyl (C=O) groups is 2. The van der Waals surface area contributed by atoms with Crippen LogP contribution in [0.4, 0.5) is 0 Å². The van der Waals surface area contributed by atoms with Crippen LogP contribution < -0.4 is 14.8 Å². The smallest absolute Gasteiger partial charge is 0.270 e. The molecule has 1 aromatic carbocycles. The van der Waals surface area contributed by atoms with Gasteiger partial charge in [-0.1, -0.05) is 6.07 Å². The Morgan fingerprint density at radius 1 is 1.12 bits per heavy atom. The van der Waals surface area contributed by atoms with Crippen LogP contribution in [0.25, 0.3) is 10.2 Å². The van der Waals surface area contributed by atoms with E-state index in [1.165, 1.54) is 0 Å². The molecule has 1 saturated heterocycles. The summed E-state index contributed by atoms with van der Waals surface area (Å²) in [6, 6.07) is 9.74. The minimum atomic E-state index is -0.131. The first kappa shape index (κ1) is 21.8. The van der Waals surface area contributed by atoms with Crippen molar-refractivity contribution >= 4 is 33.4 Å². The molecule has 8 heteroatoms. The minimum Gasteiger partial charge on any atom is -0.486 e. The number of carbonyl (C=O) groups excluding carboxylic acids is 2. The maximum absolute atomic E-state index is 13.2. The molecule has 0 unspecified atom stereocenters. The highest BCUT2D eigenvalue weighted by atomic mass is 32.1.